The van der Waals surface area contributed by atoms with E-state index in [1.54, 1.807) is 0 Å². The van der Waals surface area contributed by atoms with Crippen LogP contribution >= 0.6 is 11.6 Å². The summed E-state index contributed by atoms with van der Waals surface area (Å²) in [4.78, 5) is 11.8. The topological polar surface area (TPSA) is 63.2 Å². The lowest BCUT2D eigenvalue weighted by molar-refractivity contribution is -0.115. The van der Waals surface area contributed by atoms with E-state index in [2.05, 4.69) is 5.32 Å². The summed E-state index contributed by atoms with van der Waals surface area (Å²) >= 11 is 5.68. The molecule has 0 aliphatic heterocycles. The van der Waals surface area contributed by atoms with Crippen molar-refractivity contribution in [1.82, 2.24) is 0 Å². The van der Waals surface area contributed by atoms with Crippen LogP contribution in [0.5, 0.6) is 0 Å². The Bertz CT molecular complexity index is 823. The molecule has 2 aromatic carbocycles. The van der Waals surface area contributed by atoms with Gasteiger partial charge in [-0.2, -0.15) is 0 Å². The lowest BCUT2D eigenvalue weighted by atomic mass is 10.3. The second-order valence-corrected chi connectivity index (χ2v) is 7.22. The SMILES string of the molecule is O=C(CCS(=O)(=O)c1ccc(Cl)cc1)Nc1cccc(F)c1F. The normalized spacial score (nSPS) is 11.3. The summed E-state index contributed by atoms with van der Waals surface area (Å²) in [5.41, 5.74) is -0.334. The molecule has 0 bridgehead atoms. The van der Waals surface area contributed by atoms with Crippen LogP contribution in [0.15, 0.2) is 47.4 Å². The maximum atomic E-state index is 13.4. The first-order valence-corrected chi connectivity index (χ1v) is 8.55. The van der Waals surface area contributed by atoms with Gasteiger partial charge < -0.3 is 5.32 Å². The molecule has 23 heavy (non-hydrogen) atoms. The second-order valence-electron chi connectivity index (χ2n) is 4.67. The van der Waals surface area contributed by atoms with Crippen LogP contribution in [-0.4, -0.2) is 20.1 Å². The quantitative estimate of drug-likeness (QED) is 0.889. The molecule has 2 aromatic rings. The number of carbonyl (C=O) groups is 1. The summed E-state index contributed by atoms with van der Waals surface area (Å²) in [5, 5.41) is 2.54. The van der Waals surface area contributed by atoms with Crippen LogP contribution in [0.25, 0.3) is 0 Å². The van der Waals surface area contributed by atoms with E-state index in [0.29, 0.717) is 5.02 Å². The smallest absolute Gasteiger partial charge is 0.225 e. The van der Waals surface area contributed by atoms with E-state index in [-0.39, 0.29) is 17.0 Å². The largest absolute Gasteiger partial charge is 0.323 e. The van der Waals surface area contributed by atoms with Crippen molar-refractivity contribution >= 4 is 33.0 Å². The molecule has 8 heteroatoms. The van der Waals surface area contributed by atoms with E-state index in [9.17, 15) is 22.0 Å². The minimum atomic E-state index is -3.67. The highest BCUT2D eigenvalue weighted by atomic mass is 35.5. The third kappa shape index (κ3) is 4.49. The van der Waals surface area contributed by atoms with E-state index in [4.69, 9.17) is 11.6 Å². The summed E-state index contributed by atoms with van der Waals surface area (Å²) in [7, 11) is -3.67. The Morgan fingerprint density at radius 1 is 1.09 bits per heavy atom. The van der Waals surface area contributed by atoms with Crippen molar-refractivity contribution in [3.63, 3.8) is 0 Å². The average molecular weight is 360 g/mol. The first kappa shape index (κ1) is 17.4. The van der Waals surface area contributed by atoms with Crippen molar-refractivity contribution in [1.29, 1.82) is 0 Å². The van der Waals surface area contributed by atoms with E-state index in [1.807, 2.05) is 0 Å². The summed E-state index contributed by atoms with van der Waals surface area (Å²) in [6.07, 6.45) is -0.388. The van der Waals surface area contributed by atoms with Crippen LogP contribution in [0.1, 0.15) is 6.42 Å². The average Bonchev–Trinajstić information content (AvgIpc) is 2.50. The summed E-state index contributed by atoms with van der Waals surface area (Å²) in [6.45, 7) is 0. The number of sulfone groups is 1. The zero-order chi connectivity index (χ0) is 17.0. The fraction of sp³-hybridized carbons (Fsp3) is 0.133. The van der Waals surface area contributed by atoms with Gasteiger partial charge in [0.25, 0.3) is 0 Å². The number of hydrogen-bond donors (Lipinski definition) is 1. The van der Waals surface area contributed by atoms with Crippen molar-refractivity contribution in [2.45, 2.75) is 11.3 Å². The molecule has 0 heterocycles. The van der Waals surface area contributed by atoms with Gasteiger partial charge in [0.1, 0.15) is 0 Å². The molecule has 0 saturated heterocycles. The molecule has 0 radical (unpaired) electrons. The molecular weight excluding hydrogens is 348 g/mol. The van der Waals surface area contributed by atoms with Gasteiger partial charge >= 0.3 is 0 Å². The van der Waals surface area contributed by atoms with Gasteiger partial charge in [0.2, 0.25) is 5.91 Å². The molecular formula is C15H12ClF2NO3S. The molecule has 0 aliphatic rings. The third-order valence-corrected chi connectivity index (χ3v) is 4.98. The molecule has 122 valence electrons. The van der Waals surface area contributed by atoms with Gasteiger partial charge in [0.15, 0.2) is 21.5 Å². The molecule has 1 N–H and O–H groups in total. The van der Waals surface area contributed by atoms with Crippen LogP contribution in [0.4, 0.5) is 14.5 Å². The number of rotatable bonds is 5. The number of nitrogens with one attached hydrogen (secondary N) is 1. The maximum Gasteiger partial charge on any atom is 0.225 e. The standard InChI is InChI=1S/C15H12ClF2NO3S/c16-10-4-6-11(7-5-10)23(21,22)9-8-14(20)19-13-3-1-2-12(17)15(13)18/h1-7H,8-9H2,(H,19,20). The van der Waals surface area contributed by atoms with Gasteiger partial charge in [-0.15, -0.1) is 0 Å². The molecule has 1 amide bonds. The fourth-order valence-electron chi connectivity index (χ4n) is 1.80. The van der Waals surface area contributed by atoms with E-state index in [0.717, 1.165) is 6.07 Å². The molecule has 0 unspecified atom stereocenters. The van der Waals surface area contributed by atoms with Gasteiger partial charge in [-0.25, -0.2) is 17.2 Å². The second kappa shape index (κ2) is 7.06. The van der Waals surface area contributed by atoms with E-state index < -0.39 is 33.1 Å². The lowest BCUT2D eigenvalue weighted by Gasteiger charge is -2.07. The monoisotopic (exact) mass is 359 g/mol. The molecule has 0 aromatic heterocycles. The summed E-state index contributed by atoms with van der Waals surface area (Å²) < 4.78 is 50.6. The third-order valence-electron chi connectivity index (χ3n) is 3.00. The Hall–Kier alpha value is -1.99. The van der Waals surface area contributed by atoms with Crippen molar-refractivity contribution in [3.8, 4) is 0 Å². The number of carbonyl (C=O) groups excluding carboxylic acids is 1. The Morgan fingerprint density at radius 2 is 1.74 bits per heavy atom. The Morgan fingerprint density at radius 3 is 2.39 bits per heavy atom. The molecule has 0 aliphatic carbocycles. The summed E-state index contributed by atoms with van der Waals surface area (Å²) in [5.74, 6) is -3.48. The van der Waals surface area contributed by atoms with Gasteiger partial charge in [0.05, 0.1) is 16.3 Å². The number of amides is 1. The molecule has 4 nitrogen and oxygen atoms in total. The minimum absolute atomic E-state index is 0.0339. The Balaban J connectivity index is 2.01. The van der Waals surface area contributed by atoms with Crippen molar-refractivity contribution in [3.05, 3.63) is 59.1 Å². The van der Waals surface area contributed by atoms with Crippen LogP contribution in [-0.2, 0) is 14.6 Å². The zero-order valence-corrected chi connectivity index (χ0v) is 13.3. The molecule has 0 saturated carbocycles. The van der Waals surface area contributed by atoms with Crippen molar-refractivity contribution in [2.75, 3.05) is 11.1 Å². The first-order valence-electron chi connectivity index (χ1n) is 6.52. The number of benzene rings is 2. The van der Waals surface area contributed by atoms with Crippen LogP contribution in [0, 0.1) is 11.6 Å². The predicted octanol–water partition coefficient (Wildman–Crippen LogP) is 3.42. The highest BCUT2D eigenvalue weighted by Gasteiger charge is 2.17. The van der Waals surface area contributed by atoms with E-state index in [1.165, 1.54) is 36.4 Å². The van der Waals surface area contributed by atoms with Gasteiger partial charge in [-0.05, 0) is 36.4 Å². The van der Waals surface area contributed by atoms with Crippen LogP contribution in [0.2, 0.25) is 5.02 Å². The minimum Gasteiger partial charge on any atom is -0.323 e. The zero-order valence-electron chi connectivity index (χ0n) is 11.7. The first-order chi connectivity index (χ1) is 10.8. The highest BCUT2D eigenvalue weighted by molar-refractivity contribution is 7.91. The predicted molar refractivity (Wildman–Crippen MR) is 83.1 cm³/mol. The molecule has 2 rings (SSSR count). The molecule has 0 atom stereocenters. The lowest BCUT2D eigenvalue weighted by Crippen LogP contribution is -2.18. The Kier molecular flexibility index (Phi) is 5.33. The highest BCUT2D eigenvalue weighted by Crippen LogP contribution is 2.18. The number of anilines is 1. The summed E-state index contributed by atoms with van der Waals surface area (Å²) in [6, 6.07) is 8.86. The Labute approximate surface area is 137 Å². The van der Waals surface area contributed by atoms with Crippen molar-refractivity contribution in [2.24, 2.45) is 0 Å². The van der Waals surface area contributed by atoms with Crippen molar-refractivity contribution < 1.29 is 22.0 Å². The fourth-order valence-corrected chi connectivity index (χ4v) is 3.17. The van der Waals surface area contributed by atoms with Crippen LogP contribution in [0.3, 0.4) is 0 Å². The van der Waals surface area contributed by atoms with Gasteiger partial charge in [0, 0.05) is 11.4 Å². The maximum absolute atomic E-state index is 13.4. The van der Waals surface area contributed by atoms with Gasteiger partial charge in [-0.3, -0.25) is 4.79 Å². The van der Waals surface area contributed by atoms with E-state index >= 15 is 0 Å². The number of halogens is 3. The van der Waals surface area contributed by atoms with Crippen LogP contribution < -0.4 is 5.32 Å². The number of hydrogen-bond acceptors (Lipinski definition) is 3. The molecule has 0 fully saturated rings. The van der Waals surface area contributed by atoms with Gasteiger partial charge in [-0.1, -0.05) is 17.7 Å². The molecule has 0 spiro atoms.